The number of aliphatic imine (C=N–C) groups is 1. The molecule has 1 rings (SSSR count). The molecule has 0 heterocycles. The average Bonchev–Trinajstić information content (AvgIpc) is 2.28. The van der Waals surface area contributed by atoms with Crippen molar-refractivity contribution in [2.75, 3.05) is 13.6 Å². The molecule has 0 amide bonds. The Balaban J connectivity index is 2.79. The summed E-state index contributed by atoms with van der Waals surface area (Å²) in [5.41, 5.74) is 0.995. The van der Waals surface area contributed by atoms with E-state index in [1.165, 1.54) is 0 Å². The van der Waals surface area contributed by atoms with Crippen molar-refractivity contribution < 1.29 is 0 Å². The molecule has 0 bridgehead atoms. The Kier molecular flexibility index (Phi) is 5.59. The van der Waals surface area contributed by atoms with Gasteiger partial charge in [0.1, 0.15) is 0 Å². The Morgan fingerprint density at radius 1 is 1.41 bits per heavy atom. The number of hydrogen-bond acceptors (Lipinski definition) is 1. The Hall–Kier alpha value is -0.930. The van der Waals surface area contributed by atoms with Crippen LogP contribution in [-0.4, -0.2) is 19.6 Å². The van der Waals surface area contributed by atoms with Gasteiger partial charge in [0, 0.05) is 23.6 Å². The first kappa shape index (κ1) is 14.1. The van der Waals surface area contributed by atoms with Crippen molar-refractivity contribution in [3.63, 3.8) is 0 Å². The van der Waals surface area contributed by atoms with E-state index in [-0.39, 0.29) is 6.04 Å². The minimum Gasteiger partial charge on any atom is -0.357 e. The maximum Gasteiger partial charge on any atom is 0.191 e. The van der Waals surface area contributed by atoms with Gasteiger partial charge in [-0.1, -0.05) is 29.3 Å². The highest BCUT2D eigenvalue weighted by Gasteiger charge is 2.11. The molecule has 1 aromatic rings. The molecule has 0 spiro atoms. The molecule has 1 atom stereocenters. The van der Waals surface area contributed by atoms with Crippen molar-refractivity contribution in [2.45, 2.75) is 19.9 Å². The number of benzene rings is 1. The normalized spacial score (nSPS) is 13.4. The molecule has 0 fully saturated rings. The number of hydrogen-bond donors (Lipinski definition) is 2. The molecule has 0 aliphatic rings. The van der Waals surface area contributed by atoms with Gasteiger partial charge >= 0.3 is 0 Å². The topological polar surface area (TPSA) is 36.4 Å². The van der Waals surface area contributed by atoms with E-state index in [9.17, 15) is 0 Å². The molecule has 2 N–H and O–H groups in total. The second kappa shape index (κ2) is 6.72. The fraction of sp³-hybridized carbons (Fsp3) is 0.417. The number of nitrogens with one attached hydrogen (secondary N) is 2. The van der Waals surface area contributed by atoms with Gasteiger partial charge in [-0.25, -0.2) is 0 Å². The van der Waals surface area contributed by atoms with Crippen LogP contribution in [0.1, 0.15) is 25.5 Å². The third-order valence-corrected chi connectivity index (χ3v) is 2.91. The van der Waals surface area contributed by atoms with E-state index >= 15 is 0 Å². The lowest BCUT2D eigenvalue weighted by Gasteiger charge is -2.18. The molecular formula is C12H17Cl2N3. The lowest BCUT2D eigenvalue weighted by molar-refractivity contribution is 0.690. The van der Waals surface area contributed by atoms with E-state index in [0.717, 1.165) is 18.1 Å². The van der Waals surface area contributed by atoms with Crippen LogP contribution in [0.15, 0.2) is 23.2 Å². The monoisotopic (exact) mass is 273 g/mol. The van der Waals surface area contributed by atoms with E-state index in [0.29, 0.717) is 10.0 Å². The lowest BCUT2D eigenvalue weighted by atomic mass is 10.1. The van der Waals surface area contributed by atoms with Gasteiger partial charge in [-0.15, -0.1) is 0 Å². The fourth-order valence-electron chi connectivity index (χ4n) is 1.50. The van der Waals surface area contributed by atoms with Crippen LogP contribution in [0.5, 0.6) is 0 Å². The Morgan fingerprint density at radius 2 is 2.12 bits per heavy atom. The summed E-state index contributed by atoms with van der Waals surface area (Å²) in [5, 5.41) is 7.69. The summed E-state index contributed by atoms with van der Waals surface area (Å²) in [6.45, 7) is 4.87. The van der Waals surface area contributed by atoms with Crippen molar-refractivity contribution in [1.29, 1.82) is 0 Å². The van der Waals surface area contributed by atoms with Crippen LogP contribution in [0.25, 0.3) is 0 Å². The predicted octanol–water partition coefficient (Wildman–Crippen LogP) is 3.24. The summed E-state index contributed by atoms with van der Waals surface area (Å²) in [5.74, 6) is 0.756. The van der Waals surface area contributed by atoms with Crippen molar-refractivity contribution >= 4 is 29.2 Å². The smallest absolute Gasteiger partial charge is 0.191 e. The summed E-state index contributed by atoms with van der Waals surface area (Å²) < 4.78 is 0. The highest BCUT2D eigenvalue weighted by Crippen LogP contribution is 2.25. The minimum absolute atomic E-state index is 0.0671. The van der Waals surface area contributed by atoms with Crippen LogP contribution >= 0.6 is 23.2 Å². The third-order valence-electron chi connectivity index (χ3n) is 2.35. The number of guanidine groups is 1. The van der Waals surface area contributed by atoms with Gasteiger partial charge in [0.25, 0.3) is 0 Å². The summed E-state index contributed by atoms with van der Waals surface area (Å²) in [6.07, 6.45) is 0. The van der Waals surface area contributed by atoms with Crippen molar-refractivity contribution in [3.05, 3.63) is 33.8 Å². The number of nitrogens with zero attached hydrogens (tertiary/aromatic N) is 1. The standard InChI is InChI=1S/C12H17Cl2N3/c1-4-16-12(15-3)17-8(2)10-6-5-9(13)7-11(10)14/h5-8H,4H2,1-3H3,(H2,15,16,17). The molecule has 0 saturated carbocycles. The Bertz CT molecular complexity index is 405. The van der Waals surface area contributed by atoms with Crippen LogP contribution < -0.4 is 10.6 Å². The van der Waals surface area contributed by atoms with Crippen molar-refractivity contribution in [1.82, 2.24) is 10.6 Å². The van der Waals surface area contributed by atoms with Gasteiger partial charge in [-0.2, -0.15) is 0 Å². The summed E-state index contributed by atoms with van der Waals surface area (Å²) in [4.78, 5) is 4.12. The Morgan fingerprint density at radius 3 is 2.65 bits per heavy atom. The quantitative estimate of drug-likeness (QED) is 0.655. The Labute approximate surface area is 112 Å². The van der Waals surface area contributed by atoms with Crippen LogP contribution in [0.4, 0.5) is 0 Å². The molecular weight excluding hydrogens is 257 g/mol. The van der Waals surface area contributed by atoms with Crippen LogP contribution in [-0.2, 0) is 0 Å². The molecule has 0 aliphatic carbocycles. The predicted molar refractivity (Wildman–Crippen MR) is 75.0 cm³/mol. The van der Waals surface area contributed by atoms with E-state index in [1.807, 2.05) is 26.0 Å². The molecule has 1 unspecified atom stereocenters. The van der Waals surface area contributed by atoms with Gasteiger partial charge in [0.15, 0.2) is 5.96 Å². The second-order valence-electron chi connectivity index (χ2n) is 3.63. The first-order chi connectivity index (χ1) is 8.08. The van der Waals surface area contributed by atoms with Crippen LogP contribution in [0.2, 0.25) is 10.0 Å². The zero-order valence-corrected chi connectivity index (χ0v) is 11.7. The third kappa shape index (κ3) is 4.10. The summed E-state index contributed by atoms with van der Waals surface area (Å²) in [7, 11) is 1.74. The van der Waals surface area contributed by atoms with Crippen LogP contribution in [0.3, 0.4) is 0 Å². The van der Waals surface area contributed by atoms with E-state index in [1.54, 1.807) is 13.1 Å². The highest BCUT2D eigenvalue weighted by molar-refractivity contribution is 6.35. The molecule has 0 aliphatic heterocycles. The number of rotatable bonds is 3. The summed E-state index contributed by atoms with van der Waals surface area (Å²) >= 11 is 12.0. The molecule has 1 aromatic carbocycles. The van der Waals surface area contributed by atoms with Gasteiger partial charge in [0.2, 0.25) is 0 Å². The van der Waals surface area contributed by atoms with Crippen molar-refractivity contribution in [2.24, 2.45) is 4.99 Å². The van der Waals surface area contributed by atoms with Crippen LogP contribution in [0, 0.1) is 0 Å². The molecule has 94 valence electrons. The lowest BCUT2D eigenvalue weighted by Crippen LogP contribution is -2.38. The second-order valence-corrected chi connectivity index (χ2v) is 4.48. The maximum atomic E-state index is 6.14. The number of halogens is 2. The molecule has 3 nitrogen and oxygen atoms in total. The first-order valence-electron chi connectivity index (χ1n) is 5.50. The van der Waals surface area contributed by atoms with E-state index < -0.39 is 0 Å². The molecule has 0 radical (unpaired) electrons. The molecule has 5 heteroatoms. The SMILES string of the molecule is CCNC(=NC)NC(C)c1ccc(Cl)cc1Cl. The van der Waals surface area contributed by atoms with Gasteiger partial charge in [0.05, 0.1) is 6.04 Å². The maximum absolute atomic E-state index is 6.14. The van der Waals surface area contributed by atoms with Gasteiger partial charge < -0.3 is 10.6 Å². The molecule has 0 saturated heterocycles. The minimum atomic E-state index is 0.0671. The van der Waals surface area contributed by atoms with E-state index in [2.05, 4.69) is 15.6 Å². The fourth-order valence-corrected chi connectivity index (χ4v) is 2.07. The van der Waals surface area contributed by atoms with E-state index in [4.69, 9.17) is 23.2 Å². The zero-order valence-electron chi connectivity index (χ0n) is 10.2. The summed E-state index contributed by atoms with van der Waals surface area (Å²) in [6, 6.07) is 5.56. The average molecular weight is 274 g/mol. The largest absolute Gasteiger partial charge is 0.357 e. The molecule has 17 heavy (non-hydrogen) atoms. The molecule has 0 aromatic heterocycles. The zero-order chi connectivity index (χ0) is 12.8. The highest BCUT2D eigenvalue weighted by atomic mass is 35.5. The van der Waals surface area contributed by atoms with Gasteiger partial charge in [-0.3, -0.25) is 4.99 Å². The first-order valence-corrected chi connectivity index (χ1v) is 6.26. The van der Waals surface area contributed by atoms with Gasteiger partial charge in [-0.05, 0) is 31.5 Å². The van der Waals surface area contributed by atoms with Crippen molar-refractivity contribution in [3.8, 4) is 0 Å².